The Hall–Kier alpha value is -4.98. The Bertz CT molecular complexity index is 1820. The van der Waals surface area contributed by atoms with Crippen molar-refractivity contribution in [1.82, 2.24) is 14.8 Å². The first-order valence-electron chi connectivity index (χ1n) is 13.7. The SMILES string of the molecule is CC(=O)c1cc(-c2ncn(-c3ccc(OC(F)(F)F)cc3)n2)ccc1NC(=O)/N=C1\SCC(=O)N1c1cc(C)ccc1C(C)C. The number of aryl methyl sites for hydroxylation is 1. The first-order valence-corrected chi connectivity index (χ1v) is 14.7. The minimum Gasteiger partial charge on any atom is -0.406 e. The number of benzene rings is 3. The maximum atomic E-state index is 13.1. The molecule has 1 saturated heterocycles. The molecule has 1 N–H and O–H groups in total. The molecule has 1 aliphatic heterocycles. The van der Waals surface area contributed by atoms with E-state index >= 15 is 0 Å². The second-order valence-electron chi connectivity index (χ2n) is 10.4. The van der Waals surface area contributed by atoms with Crippen molar-refractivity contribution >= 4 is 46.0 Å². The number of hydrogen-bond acceptors (Lipinski definition) is 7. The molecule has 0 atom stereocenters. The van der Waals surface area contributed by atoms with Crippen LogP contribution in [0.3, 0.4) is 0 Å². The Morgan fingerprint density at radius 1 is 1.07 bits per heavy atom. The molecule has 0 spiro atoms. The van der Waals surface area contributed by atoms with E-state index in [1.54, 1.807) is 6.07 Å². The lowest BCUT2D eigenvalue weighted by atomic mass is 9.99. The Kier molecular flexibility index (Phi) is 8.77. The number of ketones is 1. The lowest BCUT2D eigenvalue weighted by molar-refractivity contribution is -0.274. The van der Waals surface area contributed by atoms with E-state index in [0.717, 1.165) is 35.0 Å². The Morgan fingerprint density at radius 3 is 2.47 bits per heavy atom. The van der Waals surface area contributed by atoms with Gasteiger partial charge in [0.15, 0.2) is 16.8 Å². The summed E-state index contributed by atoms with van der Waals surface area (Å²) in [7, 11) is 0. The third kappa shape index (κ3) is 7.23. The molecule has 1 fully saturated rings. The van der Waals surface area contributed by atoms with Crippen LogP contribution in [-0.2, 0) is 4.79 Å². The number of amides is 3. The van der Waals surface area contributed by atoms with Crippen molar-refractivity contribution < 1.29 is 32.3 Å². The molecule has 1 aliphatic rings. The van der Waals surface area contributed by atoms with Crippen LogP contribution in [-0.4, -0.2) is 49.8 Å². The number of urea groups is 1. The Labute approximate surface area is 260 Å². The summed E-state index contributed by atoms with van der Waals surface area (Å²) in [6, 6.07) is 14.8. The van der Waals surface area contributed by atoms with Crippen LogP contribution in [0.5, 0.6) is 5.75 Å². The molecule has 14 heteroatoms. The summed E-state index contributed by atoms with van der Waals surface area (Å²) >= 11 is 1.16. The molecular weight excluding hydrogens is 609 g/mol. The molecular formula is C31H27F3N6O4S. The molecule has 0 radical (unpaired) electrons. The zero-order valence-electron chi connectivity index (χ0n) is 24.5. The van der Waals surface area contributed by atoms with Crippen LogP contribution in [0.25, 0.3) is 17.1 Å². The number of thioether (sulfide) groups is 1. The molecule has 0 bridgehead atoms. The minimum absolute atomic E-state index is 0.130. The van der Waals surface area contributed by atoms with E-state index in [2.05, 4.69) is 25.1 Å². The molecule has 2 heterocycles. The maximum absolute atomic E-state index is 13.1. The van der Waals surface area contributed by atoms with Gasteiger partial charge in [-0.2, -0.15) is 4.99 Å². The van der Waals surface area contributed by atoms with Crippen LogP contribution < -0.4 is 15.0 Å². The molecule has 232 valence electrons. The van der Waals surface area contributed by atoms with Gasteiger partial charge in [-0.1, -0.05) is 37.7 Å². The van der Waals surface area contributed by atoms with Crippen molar-refractivity contribution in [2.24, 2.45) is 4.99 Å². The van der Waals surface area contributed by atoms with Crippen LogP contribution in [0, 0.1) is 6.92 Å². The van der Waals surface area contributed by atoms with E-state index in [-0.39, 0.29) is 51.4 Å². The number of hydrogen-bond donors (Lipinski definition) is 1. The van der Waals surface area contributed by atoms with Crippen molar-refractivity contribution in [3.05, 3.63) is 83.7 Å². The molecule has 45 heavy (non-hydrogen) atoms. The van der Waals surface area contributed by atoms with Crippen molar-refractivity contribution in [2.75, 3.05) is 16.0 Å². The minimum atomic E-state index is -4.80. The maximum Gasteiger partial charge on any atom is 0.573 e. The average Bonchev–Trinajstić information content (AvgIpc) is 3.59. The summed E-state index contributed by atoms with van der Waals surface area (Å²) in [5, 5.41) is 7.25. The monoisotopic (exact) mass is 636 g/mol. The van der Waals surface area contributed by atoms with E-state index < -0.39 is 12.4 Å². The zero-order valence-corrected chi connectivity index (χ0v) is 25.4. The summed E-state index contributed by atoms with van der Waals surface area (Å²) in [6.07, 6.45) is -3.43. The predicted octanol–water partition coefficient (Wildman–Crippen LogP) is 7.14. The summed E-state index contributed by atoms with van der Waals surface area (Å²) in [4.78, 5) is 48.4. The van der Waals surface area contributed by atoms with E-state index in [9.17, 15) is 27.6 Å². The number of ether oxygens (including phenoxy) is 1. The van der Waals surface area contributed by atoms with Gasteiger partial charge in [-0.25, -0.2) is 14.5 Å². The van der Waals surface area contributed by atoms with Crippen molar-refractivity contribution in [3.63, 3.8) is 0 Å². The standard InChI is InChI=1S/C31H27F3N6O4S/c1-17(2)23-11-5-18(3)13-26(23)40-27(42)15-45-30(40)37-29(43)36-25-12-6-20(14-24(25)19(4)41)28-35-16-39(38-28)21-7-9-22(10-8-21)44-31(32,33)34/h5-14,16-17H,15H2,1-4H3,(H,36,43)/b37-30-. The van der Waals surface area contributed by atoms with Crippen LogP contribution >= 0.6 is 11.8 Å². The molecule has 4 aromatic rings. The molecule has 3 amide bonds. The second-order valence-corrected chi connectivity index (χ2v) is 11.4. The van der Waals surface area contributed by atoms with Gasteiger partial charge in [0.05, 0.1) is 22.8 Å². The normalized spacial score (nSPS) is 14.4. The van der Waals surface area contributed by atoms with Gasteiger partial charge in [-0.3, -0.25) is 14.5 Å². The number of rotatable bonds is 7. The number of nitrogens with one attached hydrogen (secondary N) is 1. The van der Waals surface area contributed by atoms with E-state index in [1.165, 1.54) is 47.1 Å². The number of alkyl halides is 3. The smallest absolute Gasteiger partial charge is 0.406 e. The summed E-state index contributed by atoms with van der Waals surface area (Å²) in [5.41, 5.74) is 3.87. The molecule has 0 saturated carbocycles. The Balaban J connectivity index is 1.37. The highest BCUT2D eigenvalue weighted by Gasteiger charge is 2.33. The second kappa shape index (κ2) is 12.6. The summed E-state index contributed by atoms with van der Waals surface area (Å²) < 4.78 is 42.6. The number of halogens is 3. The quantitative estimate of drug-likeness (QED) is 0.214. The number of Topliss-reactive ketones (excluding diaryl/α,β-unsaturated/α-hetero) is 1. The fraction of sp³-hybridized carbons (Fsp3) is 0.226. The van der Waals surface area contributed by atoms with Crippen molar-refractivity contribution in [2.45, 2.75) is 40.0 Å². The molecule has 5 rings (SSSR count). The molecule has 0 unspecified atom stereocenters. The lowest BCUT2D eigenvalue weighted by Crippen LogP contribution is -2.31. The Morgan fingerprint density at radius 2 is 1.80 bits per heavy atom. The van der Waals surface area contributed by atoms with Gasteiger partial charge in [0.1, 0.15) is 12.1 Å². The number of aromatic nitrogens is 3. The lowest BCUT2D eigenvalue weighted by Gasteiger charge is -2.22. The molecule has 3 aromatic carbocycles. The highest BCUT2D eigenvalue weighted by Crippen LogP contribution is 2.34. The van der Waals surface area contributed by atoms with Gasteiger partial charge in [-0.15, -0.1) is 18.3 Å². The number of carbonyl (C=O) groups is 3. The van der Waals surface area contributed by atoms with Gasteiger partial charge in [-0.05, 0) is 79.4 Å². The van der Waals surface area contributed by atoms with E-state index in [0.29, 0.717) is 16.9 Å². The number of anilines is 2. The molecule has 1 aromatic heterocycles. The topological polar surface area (TPSA) is 119 Å². The predicted molar refractivity (Wildman–Crippen MR) is 165 cm³/mol. The van der Waals surface area contributed by atoms with Crippen LogP contribution in [0.1, 0.15) is 48.2 Å². The third-order valence-electron chi connectivity index (χ3n) is 6.74. The summed E-state index contributed by atoms with van der Waals surface area (Å²) in [6.45, 7) is 7.31. The van der Waals surface area contributed by atoms with Gasteiger partial charge < -0.3 is 10.1 Å². The average molecular weight is 637 g/mol. The fourth-order valence-corrected chi connectivity index (χ4v) is 5.51. The first-order chi connectivity index (χ1) is 21.3. The van der Waals surface area contributed by atoms with Crippen LogP contribution in [0.15, 0.2) is 72.0 Å². The summed E-state index contributed by atoms with van der Waals surface area (Å²) in [5.74, 6) is -0.400. The van der Waals surface area contributed by atoms with Crippen LogP contribution in [0.4, 0.5) is 29.3 Å². The van der Waals surface area contributed by atoms with Gasteiger partial charge in [0, 0.05) is 11.1 Å². The zero-order chi connectivity index (χ0) is 32.5. The largest absolute Gasteiger partial charge is 0.573 e. The van der Waals surface area contributed by atoms with Crippen LogP contribution in [0.2, 0.25) is 0 Å². The number of aliphatic imine (C=N–C) groups is 1. The van der Waals surface area contributed by atoms with Crippen molar-refractivity contribution in [1.29, 1.82) is 0 Å². The molecule has 0 aliphatic carbocycles. The first kappa shape index (κ1) is 31.4. The van der Waals surface area contributed by atoms with Crippen molar-refractivity contribution in [3.8, 4) is 22.8 Å². The highest BCUT2D eigenvalue weighted by molar-refractivity contribution is 8.15. The highest BCUT2D eigenvalue weighted by atomic mass is 32.2. The van der Waals surface area contributed by atoms with Gasteiger partial charge in [0.25, 0.3) is 0 Å². The fourth-order valence-electron chi connectivity index (χ4n) is 4.65. The van der Waals surface area contributed by atoms with E-state index in [1.807, 2.05) is 39.0 Å². The number of amidine groups is 1. The van der Waals surface area contributed by atoms with Gasteiger partial charge in [0.2, 0.25) is 5.91 Å². The van der Waals surface area contributed by atoms with Gasteiger partial charge >= 0.3 is 12.4 Å². The van der Waals surface area contributed by atoms with E-state index in [4.69, 9.17) is 0 Å². The number of nitrogens with zero attached hydrogens (tertiary/aromatic N) is 5. The molecule has 10 nitrogen and oxygen atoms in total. The third-order valence-corrected chi connectivity index (χ3v) is 7.66. The number of carbonyl (C=O) groups excluding carboxylic acids is 3.